The molecule has 1 unspecified atom stereocenters. The SMILES string of the molecule is Cc1ccc(C#N)cc1N(CCN(C(=O)OC(C)(C)C)C(C)C)C(=O)CNCC(=O)N(C)C1Cc2cccc(C)c2C1. The first-order chi connectivity index (χ1) is 19.7. The first-order valence-electron chi connectivity index (χ1n) is 14.6. The Hall–Kier alpha value is -3.90. The molecule has 0 saturated heterocycles. The van der Waals surface area contributed by atoms with Crippen molar-refractivity contribution in [2.75, 3.05) is 38.1 Å². The van der Waals surface area contributed by atoms with Crippen LogP contribution >= 0.6 is 0 Å². The van der Waals surface area contributed by atoms with Crippen molar-refractivity contribution in [1.82, 2.24) is 15.1 Å². The van der Waals surface area contributed by atoms with Gasteiger partial charge >= 0.3 is 6.09 Å². The highest BCUT2D eigenvalue weighted by molar-refractivity contribution is 5.96. The molecule has 2 aromatic rings. The molecule has 9 heteroatoms. The molecule has 226 valence electrons. The van der Waals surface area contributed by atoms with Crippen LogP contribution in [-0.4, -0.2) is 78.6 Å². The van der Waals surface area contributed by atoms with Crippen molar-refractivity contribution in [3.8, 4) is 6.07 Å². The highest BCUT2D eigenvalue weighted by atomic mass is 16.6. The smallest absolute Gasteiger partial charge is 0.410 e. The lowest BCUT2D eigenvalue weighted by Gasteiger charge is -2.33. The van der Waals surface area contributed by atoms with Crippen LogP contribution in [0.4, 0.5) is 10.5 Å². The number of rotatable bonds is 10. The lowest BCUT2D eigenvalue weighted by molar-refractivity contribution is -0.130. The molecule has 0 saturated carbocycles. The number of fused-ring (bicyclic) bond motifs is 1. The fourth-order valence-corrected chi connectivity index (χ4v) is 5.22. The van der Waals surface area contributed by atoms with Gasteiger partial charge in [-0.1, -0.05) is 24.3 Å². The Kier molecular flexibility index (Phi) is 10.7. The van der Waals surface area contributed by atoms with E-state index >= 15 is 0 Å². The predicted molar refractivity (Wildman–Crippen MR) is 164 cm³/mol. The van der Waals surface area contributed by atoms with E-state index in [1.807, 2.05) is 48.6 Å². The molecule has 9 nitrogen and oxygen atoms in total. The molecular weight excluding hydrogens is 530 g/mol. The van der Waals surface area contributed by atoms with Gasteiger partial charge in [0.2, 0.25) is 11.8 Å². The van der Waals surface area contributed by atoms with Gasteiger partial charge in [0.1, 0.15) is 5.60 Å². The number of aryl methyl sites for hydroxylation is 2. The summed E-state index contributed by atoms with van der Waals surface area (Å²) >= 11 is 0. The molecule has 1 atom stereocenters. The van der Waals surface area contributed by atoms with Gasteiger partial charge in [0.15, 0.2) is 0 Å². The highest BCUT2D eigenvalue weighted by Gasteiger charge is 2.29. The van der Waals surface area contributed by atoms with E-state index in [2.05, 4.69) is 36.5 Å². The molecule has 1 aliphatic carbocycles. The van der Waals surface area contributed by atoms with Crippen LogP contribution in [-0.2, 0) is 27.2 Å². The average Bonchev–Trinajstić information content (AvgIpc) is 3.35. The lowest BCUT2D eigenvalue weighted by Crippen LogP contribution is -2.48. The summed E-state index contributed by atoms with van der Waals surface area (Å²) < 4.78 is 5.59. The van der Waals surface area contributed by atoms with Crippen LogP contribution in [0.3, 0.4) is 0 Å². The van der Waals surface area contributed by atoms with Crippen LogP contribution in [0.1, 0.15) is 62.4 Å². The number of nitriles is 1. The summed E-state index contributed by atoms with van der Waals surface area (Å²) in [4.78, 5) is 44.5. The number of anilines is 1. The maximum absolute atomic E-state index is 13.6. The molecule has 0 fully saturated rings. The van der Waals surface area contributed by atoms with Crippen LogP contribution in [0.25, 0.3) is 0 Å². The zero-order chi connectivity index (χ0) is 31.2. The maximum Gasteiger partial charge on any atom is 0.410 e. The van der Waals surface area contributed by atoms with Crippen LogP contribution in [0.2, 0.25) is 0 Å². The Balaban J connectivity index is 1.68. The summed E-state index contributed by atoms with van der Waals surface area (Å²) in [5.41, 5.74) is 5.05. The fraction of sp³-hybridized carbons (Fsp3) is 0.515. The van der Waals surface area contributed by atoms with Crippen molar-refractivity contribution >= 4 is 23.6 Å². The Morgan fingerprint density at radius 1 is 1.02 bits per heavy atom. The van der Waals surface area contributed by atoms with E-state index in [0.29, 0.717) is 11.3 Å². The summed E-state index contributed by atoms with van der Waals surface area (Å²) in [7, 11) is 1.82. The van der Waals surface area contributed by atoms with Crippen molar-refractivity contribution in [2.45, 2.75) is 79.0 Å². The van der Waals surface area contributed by atoms with Crippen LogP contribution in [0.5, 0.6) is 0 Å². The minimum absolute atomic E-state index is 0.0230. The summed E-state index contributed by atoms with van der Waals surface area (Å²) in [6.45, 7) is 13.6. The fourth-order valence-electron chi connectivity index (χ4n) is 5.22. The Bertz CT molecular complexity index is 1340. The molecule has 1 N–H and O–H groups in total. The number of likely N-dealkylation sites (N-methyl/N-ethyl adjacent to an activating group) is 1. The molecular formula is C33H45N5O4. The van der Waals surface area contributed by atoms with Crippen molar-refractivity contribution < 1.29 is 19.1 Å². The van der Waals surface area contributed by atoms with Crippen LogP contribution in [0.15, 0.2) is 36.4 Å². The third kappa shape index (κ3) is 8.32. The van der Waals surface area contributed by atoms with Crippen molar-refractivity contribution in [1.29, 1.82) is 5.26 Å². The number of ether oxygens (including phenoxy) is 1. The van der Waals surface area contributed by atoms with Gasteiger partial charge in [-0.05, 0) is 95.7 Å². The number of hydrogen-bond acceptors (Lipinski definition) is 6. The lowest BCUT2D eigenvalue weighted by atomic mass is 10.1. The van der Waals surface area contributed by atoms with E-state index in [9.17, 15) is 19.6 Å². The number of nitrogens with one attached hydrogen (secondary N) is 1. The van der Waals surface area contributed by atoms with Crippen LogP contribution < -0.4 is 10.2 Å². The molecule has 0 aliphatic heterocycles. The Morgan fingerprint density at radius 3 is 2.33 bits per heavy atom. The van der Waals surface area contributed by atoms with Gasteiger partial charge in [0, 0.05) is 37.9 Å². The molecule has 0 spiro atoms. The molecule has 3 rings (SSSR count). The van der Waals surface area contributed by atoms with Gasteiger partial charge < -0.3 is 19.4 Å². The Morgan fingerprint density at radius 2 is 1.71 bits per heavy atom. The minimum Gasteiger partial charge on any atom is -0.444 e. The predicted octanol–water partition coefficient (Wildman–Crippen LogP) is 4.37. The standard InChI is InChI=1S/C33H45N5O4/c1-22(2)37(32(41)42-33(5,6)7)14-15-38(29-16-25(19-34)13-12-24(29)4)31(40)21-35-20-30(39)36(8)27-17-26-11-9-10-23(3)28(26)18-27/h9-13,16,22,27,35H,14-15,17-18,20-21H2,1-8H3. The van der Waals surface area contributed by atoms with E-state index in [1.54, 1.807) is 32.9 Å². The molecule has 0 radical (unpaired) electrons. The first-order valence-corrected chi connectivity index (χ1v) is 14.6. The van der Waals surface area contributed by atoms with E-state index < -0.39 is 11.7 Å². The average molecular weight is 576 g/mol. The molecule has 0 heterocycles. The van der Waals surface area contributed by atoms with Gasteiger partial charge in [-0.2, -0.15) is 5.26 Å². The molecule has 3 amide bonds. The topological polar surface area (TPSA) is 106 Å². The second kappa shape index (κ2) is 13.8. The number of carbonyl (C=O) groups is 3. The van der Waals surface area contributed by atoms with Crippen molar-refractivity contribution in [3.05, 3.63) is 64.2 Å². The third-order valence-electron chi connectivity index (χ3n) is 7.64. The summed E-state index contributed by atoms with van der Waals surface area (Å²) in [5, 5.41) is 12.5. The number of benzene rings is 2. The van der Waals surface area contributed by atoms with Gasteiger partial charge in [0.25, 0.3) is 0 Å². The van der Waals surface area contributed by atoms with E-state index in [1.165, 1.54) is 16.7 Å². The summed E-state index contributed by atoms with van der Waals surface area (Å²) in [6, 6.07) is 13.5. The first kappa shape index (κ1) is 32.6. The van der Waals surface area contributed by atoms with E-state index in [0.717, 1.165) is 18.4 Å². The molecule has 1 aliphatic rings. The Labute approximate surface area is 250 Å². The second-order valence-electron chi connectivity index (χ2n) is 12.3. The maximum atomic E-state index is 13.6. The van der Waals surface area contributed by atoms with Gasteiger partial charge in [-0.3, -0.25) is 14.9 Å². The number of carbonyl (C=O) groups excluding carboxylic acids is 3. The van der Waals surface area contributed by atoms with Gasteiger partial charge in [-0.15, -0.1) is 0 Å². The van der Waals surface area contributed by atoms with Crippen molar-refractivity contribution in [3.63, 3.8) is 0 Å². The van der Waals surface area contributed by atoms with Gasteiger partial charge in [-0.25, -0.2) is 4.79 Å². The second-order valence-corrected chi connectivity index (χ2v) is 12.3. The van der Waals surface area contributed by atoms with E-state index in [-0.39, 0.29) is 50.1 Å². The van der Waals surface area contributed by atoms with Crippen LogP contribution in [0, 0.1) is 25.2 Å². The van der Waals surface area contributed by atoms with Gasteiger partial charge in [0.05, 0.1) is 24.7 Å². The van der Waals surface area contributed by atoms with E-state index in [4.69, 9.17) is 4.74 Å². The van der Waals surface area contributed by atoms with Crippen molar-refractivity contribution in [2.24, 2.45) is 0 Å². The quantitative estimate of drug-likeness (QED) is 0.451. The number of amides is 3. The summed E-state index contributed by atoms with van der Waals surface area (Å²) in [6.07, 6.45) is 1.20. The molecule has 42 heavy (non-hydrogen) atoms. The minimum atomic E-state index is -0.652. The summed E-state index contributed by atoms with van der Waals surface area (Å²) in [5.74, 6) is -0.344. The zero-order valence-electron chi connectivity index (χ0n) is 26.3. The number of nitrogens with zero attached hydrogens (tertiary/aromatic N) is 4. The normalized spacial score (nSPS) is 14.2. The zero-order valence-corrected chi connectivity index (χ0v) is 26.3. The monoisotopic (exact) mass is 575 g/mol. The molecule has 0 bridgehead atoms. The number of hydrogen-bond donors (Lipinski definition) is 1. The molecule has 2 aromatic carbocycles. The molecule has 0 aromatic heterocycles. The third-order valence-corrected chi connectivity index (χ3v) is 7.64. The largest absolute Gasteiger partial charge is 0.444 e. The highest BCUT2D eigenvalue weighted by Crippen LogP contribution is 2.28.